The maximum atomic E-state index is 11.9. The van der Waals surface area contributed by atoms with Crippen molar-refractivity contribution in [1.82, 2.24) is 5.32 Å². The number of anilines is 1. The molecule has 1 unspecified atom stereocenters. The Hall–Kier alpha value is -1.86. The average molecular weight is 215 g/mol. The summed E-state index contributed by atoms with van der Waals surface area (Å²) in [4.78, 5) is 13.6. The lowest BCUT2D eigenvalue weighted by atomic mass is 10.1. The predicted octanol–water partition coefficient (Wildman–Crippen LogP) is 1.21. The molecule has 1 aliphatic rings. The van der Waals surface area contributed by atoms with Crippen LogP contribution in [-0.4, -0.2) is 19.5 Å². The summed E-state index contributed by atoms with van der Waals surface area (Å²) < 4.78 is 0. The fraction of sp³-hybridized carbons (Fsp3) is 0.333. The molecule has 0 saturated carbocycles. The molecule has 2 rings (SSSR count). The van der Waals surface area contributed by atoms with Gasteiger partial charge in [0.1, 0.15) is 6.04 Å². The second-order valence-electron chi connectivity index (χ2n) is 3.75. The number of hydrogen-bond donors (Lipinski definition) is 1. The van der Waals surface area contributed by atoms with E-state index in [1.54, 1.807) is 11.9 Å². The highest BCUT2D eigenvalue weighted by molar-refractivity contribution is 6.04. The number of carbonyl (C=O) groups excluding carboxylic acids is 1. The summed E-state index contributed by atoms with van der Waals surface area (Å²) in [5, 5.41) is 11.6. The average Bonchev–Trinajstić information content (AvgIpc) is 2.55. The van der Waals surface area contributed by atoms with E-state index >= 15 is 0 Å². The first-order valence-corrected chi connectivity index (χ1v) is 5.22. The van der Waals surface area contributed by atoms with Gasteiger partial charge in [0.05, 0.1) is 6.07 Å². The predicted molar refractivity (Wildman–Crippen MR) is 60.8 cm³/mol. The van der Waals surface area contributed by atoms with Gasteiger partial charge in [0.15, 0.2) is 0 Å². The van der Waals surface area contributed by atoms with Crippen molar-refractivity contribution in [2.24, 2.45) is 0 Å². The standard InChI is InChI=1S/C12H13N3O/c1-15-10-6-3-2-5-9(10)11(12(15)16)14-8-4-7-13/h2-3,5-6,11,14H,4,8H2,1H3. The van der Waals surface area contributed by atoms with Crippen molar-refractivity contribution < 1.29 is 4.79 Å². The van der Waals surface area contributed by atoms with Gasteiger partial charge in [0, 0.05) is 31.3 Å². The van der Waals surface area contributed by atoms with Crippen LogP contribution in [0.25, 0.3) is 0 Å². The first-order chi connectivity index (χ1) is 7.75. The van der Waals surface area contributed by atoms with E-state index < -0.39 is 0 Å². The Labute approximate surface area is 94.5 Å². The molecule has 16 heavy (non-hydrogen) atoms. The maximum Gasteiger partial charge on any atom is 0.248 e. The molecule has 0 fully saturated rings. The molecule has 1 aromatic carbocycles. The number of para-hydroxylation sites is 1. The van der Waals surface area contributed by atoms with E-state index in [-0.39, 0.29) is 11.9 Å². The van der Waals surface area contributed by atoms with Crippen molar-refractivity contribution in [2.75, 3.05) is 18.5 Å². The Morgan fingerprint density at radius 2 is 2.25 bits per heavy atom. The minimum atomic E-state index is -0.297. The summed E-state index contributed by atoms with van der Waals surface area (Å²) in [5.41, 5.74) is 1.94. The minimum Gasteiger partial charge on any atom is -0.313 e. The van der Waals surface area contributed by atoms with E-state index in [1.165, 1.54) is 0 Å². The number of carbonyl (C=O) groups is 1. The van der Waals surface area contributed by atoms with E-state index in [4.69, 9.17) is 5.26 Å². The largest absolute Gasteiger partial charge is 0.313 e. The molecule has 0 saturated heterocycles. The van der Waals surface area contributed by atoms with Gasteiger partial charge in [-0.1, -0.05) is 18.2 Å². The summed E-state index contributed by atoms with van der Waals surface area (Å²) >= 11 is 0. The molecule has 82 valence electrons. The second-order valence-corrected chi connectivity index (χ2v) is 3.75. The van der Waals surface area contributed by atoms with Gasteiger partial charge in [-0.2, -0.15) is 5.26 Å². The zero-order valence-corrected chi connectivity index (χ0v) is 9.10. The number of fused-ring (bicyclic) bond motifs is 1. The van der Waals surface area contributed by atoms with Crippen molar-refractivity contribution >= 4 is 11.6 Å². The summed E-state index contributed by atoms with van der Waals surface area (Å²) in [6.07, 6.45) is 0.412. The lowest BCUT2D eigenvalue weighted by molar-refractivity contribution is -0.119. The van der Waals surface area contributed by atoms with Crippen LogP contribution in [0, 0.1) is 11.3 Å². The number of amides is 1. The van der Waals surface area contributed by atoms with E-state index in [2.05, 4.69) is 11.4 Å². The molecule has 4 heteroatoms. The van der Waals surface area contributed by atoms with Crippen LogP contribution >= 0.6 is 0 Å². The Bertz CT molecular complexity index is 450. The molecule has 1 atom stereocenters. The monoisotopic (exact) mass is 215 g/mol. The topological polar surface area (TPSA) is 56.1 Å². The van der Waals surface area contributed by atoms with E-state index in [0.717, 1.165) is 11.3 Å². The molecule has 0 spiro atoms. The third-order valence-corrected chi connectivity index (χ3v) is 2.77. The summed E-state index contributed by atoms with van der Waals surface area (Å²) in [6.45, 7) is 0.537. The Balaban J connectivity index is 2.21. The minimum absolute atomic E-state index is 0.0409. The highest BCUT2D eigenvalue weighted by atomic mass is 16.2. The molecule has 1 aromatic rings. The molecular formula is C12H13N3O. The van der Waals surface area contributed by atoms with Crippen molar-refractivity contribution in [3.8, 4) is 6.07 Å². The lowest BCUT2D eigenvalue weighted by Crippen LogP contribution is -2.32. The fourth-order valence-electron chi connectivity index (χ4n) is 1.95. The zero-order chi connectivity index (χ0) is 11.5. The molecule has 1 aliphatic heterocycles. The van der Waals surface area contributed by atoms with Gasteiger partial charge in [0.25, 0.3) is 0 Å². The smallest absolute Gasteiger partial charge is 0.248 e. The molecule has 0 radical (unpaired) electrons. The van der Waals surface area contributed by atoms with E-state index in [9.17, 15) is 4.79 Å². The van der Waals surface area contributed by atoms with Gasteiger partial charge >= 0.3 is 0 Å². The number of hydrogen-bond acceptors (Lipinski definition) is 3. The molecule has 1 N–H and O–H groups in total. The van der Waals surface area contributed by atoms with Gasteiger partial charge in [-0.05, 0) is 6.07 Å². The Morgan fingerprint density at radius 1 is 1.50 bits per heavy atom. The maximum absolute atomic E-state index is 11.9. The summed E-state index contributed by atoms with van der Waals surface area (Å²) in [7, 11) is 1.77. The van der Waals surface area contributed by atoms with Crippen LogP contribution in [0.4, 0.5) is 5.69 Å². The Morgan fingerprint density at radius 3 is 3.00 bits per heavy atom. The van der Waals surface area contributed by atoms with Gasteiger partial charge in [-0.25, -0.2) is 0 Å². The second kappa shape index (κ2) is 4.33. The van der Waals surface area contributed by atoms with Crippen LogP contribution in [0.15, 0.2) is 24.3 Å². The van der Waals surface area contributed by atoms with Crippen LogP contribution < -0.4 is 10.2 Å². The van der Waals surface area contributed by atoms with Crippen LogP contribution in [0.3, 0.4) is 0 Å². The molecule has 4 nitrogen and oxygen atoms in total. The quantitative estimate of drug-likeness (QED) is 0.771. The number of nitrogens with zero attached hydrogens (tertiary/aromatic N) is 2. The van der Waals surface area contributed by atoms with Crippen LogP contribution in [0.5, 0.6) is 0 Å². The number of rotatable bonds is 3. The fourth-order valence-corrected chi connectivity index (χ4v) is 1.95. The molecular weight excluding hydrogens is 202 g/mol. The van der Waals surface area contributed by atoms with Crippen molar-refractivity contribution in [3.63, 3.8) is 0 Å². The van der Waals surface area contributed by atoms with Crippen molar-refractivity contribution in [2.45, 2.75) is 12.5 Å². The highest BCUT2D eigenvalue weighted by Crippen LogP contribution is 2.34. The van der Waals surface area contributed by atoms with Gasteiger partial charge in [-0.15, -0.1) is 0 Å². The summed E-state index contributed by atoms with van der Waals surface area (Å²) in [5.74, 6) is 0.0409. The molecule has 1 amide bonds. The van der Waals surface area contributed by atoms with Crippen molar-refractivity contribution in [1.29, 1.82) is 5.26 Å². The number of benzene rings is 1. The normalized spacial score (nSPS) is 18.4. The van der Waals surface area contributed by atoms with E-state index in [0.29, 0.717) is 13.0 Å². The zero-order valence-electron chi connectivity index (χ0n) is 9.10. The first kappa shape index (κ1) is 10.7. The Kier molecular flexibility index (Phi) is 2.88. The molecule has 0 aliphatic carbocycles. The van der Waals surface area contributed by atoms with Crippen LogP contribution in [0.1, 0.15) is 18.0 Å². The number of nitrogens with one attached hydrogen (secondary N) is 1. The highest BCUT2D eigenvalue weighted by Gasteiger charge is 2.33. The van der Waals surface area contributed by atoms with Gasteiger partial charge < -0.3 is 10.2 Å². The van der Waals surface area contributed by atoms with Gasteiger partial charge in [-0.3, -0.25) is 4.79 Å². The number of nitriles is 1. The third kappa shape index (κ3) is 1.66. The molecule has 0 aromatic heterocycles. The van der Waals surface area contributed by atoms with E-state index in [1.807, 2.05) is 24.3 Å². The first-order valence-electron chi connectivity index (χ1n) is 5.22. The van der Waals surface area contributed by atoms with Crippen LogP contribution in [-0.2, 0) is 4.79 Å². The van der Waals surface area contributed by atoms with Gasteiger partial charge in [0.2, 0.25) is 5.91 Å². The third-order valence-electron chi connectivity index (χ3n) is 2.77. The molecule has 0 bridgehead atoms. The number of likely N-dealkylation sites (N-methyl/N-ethyl adjacent to an activating group) is 1. The van der Waals surface area contributed by atoms with Crippen molar-refractivity contribution in [3.05, 3.63) is 29.8 Å². The molecule has 1 heterocycles. The SMILES string of the molecule is CN1C(=O)C(NCCC#N)c2ccccc21. The summed E-state index contributed by atoms with van der Waals surface area (Å²) in [6, 6.07) is 9.47. The van der Waals surface area contributed by atoms with Crippen LogP contribution in [0.2, 0.25) is 0 Å². The lowest BCUT2D eigenvalue weighted by Gasteiger charge is -2.11.